The van der Waals surface area contributed by atoms with Crippen molar-refractivity contribution < 1.29 is 19.2 Å². The SMILES string of the molecule is C=CCC1C(O)N(c2cc(C(C)OC)no2)C(=O)N1C. The van der Waals surface area contributed by atoms with Gasteiger partial charge in [-0.1, -0.05) is 11.2 Å². The highest BCUT2D eigenvalue weighted by Crippen LogP contribution is 2.30. The van der Waals surface area contributed by atoms with E-state index in [1.165, 1.54) is 9.80 Å². The molecule has 1 fully saturated rings. The van der Waals surface area contributed by atoms with Crippen LogP contribution < -0.4 is 4.90 Å². The number of nitrogens with zero attached hydrogens (tertiary/aromatic N) is 3. The van der Waals surface area contributed by atoms with Gasteiger partial charge in [0.1, 0.15) is 5.69 Å². The summed E-state index contributed by atoms with van der Waals surface area (Å²) in [5.41, 5.74) is 0.567. The van der Waals surface area contributed by atoms with E-state index >= 15 is 0 Å². The van der Waals surface area contributed by atoms with E-state index in [-0.39, 0.29) is 24.1 Å². The Labute approximate surface area is 117 Å². The van der Waals surface area contributed by atoms with E-state index in [0.717, 1.165) is 0 Å². The number of hydrogen-bond donors (Lipinski definition) is 1. The molecule has 0 saturated carbocycles. The van der Waals surface area contributed by atoms with Crippen LogP contribution in [0.25, 0.3) is 0 Å². The Kier molecular flexibility index (Phi) is 4.10. The molecule has 3 atom stereocenters. The summed E-state index contributed by atoms with van der Waals surface area (Å²) >= 11 is 0. The number of aliphatic hydroxyl groups is 1. The van der Waals surface area contributed by atoms with Gasteiger partial charge in [-0.25, -0.2) is 9.69 Å². The molecule has 1 N–H and O–H groups in total. The Hall–Kier alpha value is -1.86. The van der Waals surface area contributed by atoms with Crippen molar-refractivity contribution in [3.8, 4) is 0 Å². The zero-order valence-electron chi connectivity index (χ0n) is 11.8. The summed E-state index contributed by atoms with van der Waals surface area (Å²) < 4.78 is 10.3. The Morgan fingerprint density at radius 1 is 1.70 bits per heavy atom. The summed E-state index contributed by atoms with van der Waals surface area (Å²) in [5, 5.41) is 14.1. The van der Waals surface area contributed by atoms with Crippen LogP contribution in [0, 0.1) is 0 Å². The lowest BCUT2D eigenvalue weighted by Gasteiger charge is -2.18. The van der Waals surface area contributed by atoms with Gasteiger partial charge in [0.2, 0.25) is 5.88 Å². The van der Waals surface area contributed by atoms with Gasteiger partial charge < -0.3 is 19.3 Å². The monoisotopic (exact) mass is 281 g/mol. The fourth-order valence-electron chi connectivity index (χ4n) is 2.18. The number of ether oxygens (including phenoxy) is 1. The quantitative estimate of drug-likeness (QED) is 0.828. The van der Waals surface area contributed by atoms with E-state index in [0.29, 0.717) is 12.1 Å². The lowest BCUT2D eigenvalue weighted by molar-refractivity contribution is 0.112. The average molecular weight is 281 g/mol. The van der Waals surface area contributed by atoms with Gasteiger partial charge in [0.25, 0.3) is 0 Å². The van der Waals surface area contributed by atoms with Crippen molar-refractivity contribution in [2.24, 2.45) is 0 Å². The van der Waals surface area contributed by atoms with E-state index in [9.17, 15) is 9.90 Å². The van der Waals surface area contributed by atoms with Crippen molar-refractivity contribution in [3.63, 3.8) is 0 Å². The normalized spacial score (nSPS) is 24.3. The maximum Gasteiger partial charge on any atom is 0.329 e. The van der Waals surface area contributed by atoms with Gasteiger partial charge in [-0.05, 0) is 13.3 Å². The molecule has 0 aliphatic carbocycles. The van der Waals surface area contributed by atoms with Gasteiger partial charge in [-0.3, -0.25) is 0 Å². The van der Waals surface area contributed by atoms with Gasteiger partial charge in [-0.15, -0.1) is 6.58 Å². The van der Waals surface area contributed by atoms with Crippen molar-refractivity contribution in [3.05, 3.63) is 24.4 Å². The zero-order valence-corrected chi connectivity index (χ0v) is 11.8. The Bertz CT molecular complexity index is 502. The first kappa shape index (κ1) is 14.5. The molecule has 7 heteroatoms. The molecule has 2 heterocycles. The van der Waals surface area contributed by atoms with Crippen LogP contribution in [0.2, 0.25) is 0 Å². The van der Waals surface area contributed by atoms with Gasteiger partial charge in [0, 0.05) is 20.2 Å². The van der Waals surface area contributed by atoms with Crippen molar-refractivity contribution in [2.75, 3.05) is 19.1 Å². The second-order valence-corrected chi connectivity index (χ2v) is 4.74. The average Bonchev–Trinajstić information content (AvgIpc) is 2.98. The predicted molar refractivity (Wildman–Crippen MR) is 72.2 cm³/mol. The number of aliphatic hydroxyl groups excluding tert-OH is 1. The number of amides is 2. The topological polar surface area (TPSA) is 79.0 Å². The molecule has 1 saturated heterocycles. The molecule has 0 bridgehead atoms. The summed E-state index contributed by atoms with van der Waals surface area (Å²) in [4.78, 5) is 14.8. The third-order valence-corrected chi connectivity index (χ3v) is 3.55. The number of urea groups is 1. The number of likely N-dealkylation sites (N-methyl/N-ethyl adjacent to an activating group) is 1. The van der Waals surface area contributed by atoms with E-state index in [1.807, 2.05) is 6.92 Å². The molecule has 0 aromatic carbocycles. The molecular formula is C13H19N3O4. The molecule has 1 aromatic rings. The summed E-state index contributed by atoms with van der Waals surface area (Å²) in [6.45, 7) is 5.45. The molecular weight excluding hydrogens is 262 g/mol. The fraction of sp³-hybridized carbons (Fsp3) is 0.538. The van der Waals surface area contributed by atoms with Crippen LogP contribution in [-0.2, 0) is 4.74 Å². The lowest BCUT2D eigenvalue weighted by atomic mass is 10.2. The van der Waals surface area contributed by atoms with Gasteiger partial charge >= 0.3 is 6.03 Å². The van der Waals surface area contributed by atoms with E-state index < -0.39 is 6.23 Å². The van der Waals surface area contributed by atoms with E-state index in [4.69, 9.17) is 9.26 Å². The lowest BCUT2D eigenvalue weighted by Crippen LogP contribution is -2.36. The number of carbonyl (C=O) groups excluding carboxylic acids is 1. The van der Waals surface area contributed by atoms with Crippen molar-refractivity contribution in [1.29, 1.82) is 0 Å². The van der Waals surface area contributed by atoms with E-state index in [2.05, 4.69) is 11.7 Å². The standard InChI is InChI=1S/C13H19N3O4/c1-5-6-10-12(17)16(13(18)15(10)3)11-7-9(14-20-11)8(2)19-4/h5,7-8,10,12,17H,1,6H2,2-4H3. The molecule has 20 heavy (non-hydrogen) atoms. The number of anilines is 1. The van der Waals surface area contributed by atoms with Crippen LogP contribution in [0.1, 0.15) is 25.1 Å². The highest BCUT2D eigenvalue weighted by molar-refractivity contribution is 5.93. The van der Waals surface area contributed by atoms with Gasteiger partial charge in [0.05, 0.1) is 12.1 Å². The molecule has 0 radical (unpaired) electrons. The summed E-state index contributed by atoms with van der Waals surface area (Å²) in [6.07, 6.45) is 0.920. The molecule has 3 unspecified atom stereocenters. The first-order valence-corrected chi connectivity index (χ1v) is 6.35. The van der Waals surface area contributed by atoms with E-state index in [1.54, 1.807) is 26.3 Å². The van der Waals surface area contributed by atoms with Crippen LogP contribution in [0.5, 0.6) is 0 Å². The van der Waals surface area contributed by atoms with Gasteiger partial charge in [0.15, 0.2) is 6.23 Å². The number of carbonyl (C=O) groups is 1. The third-order valence-electron chi connectivity index (χ3n) is 3.55. The molecule has 1 aromatic heterocycles. The third kappa shape index (κ3) is 2.30. The van der Waals surface area contributed by atoms with Crippen LogP contribution in [0.4, 0.5) is 10.7 Å². The first-order chi connectivity index (χ1) is 9.51. The number of methoxy groups -OCH3 is 1. The predicted octanol–water partition coefficient (Wildman–Crippen LogP) is 1.52. The molecule has 1 aliphatic heterocycles. The van der Waals surface area contributed by atoms with Crippen LogP contribution in [0.3, 0.4) is 0 Å². The second kappa shape index (κ2) is 5.64. The zero-order chi connectivity index (χ0) is 14.9. The maximum atomic E-state index is 12.2. The minimum Gasteiger partial charge on any atom is -0.375 e. The smallest absolute Gasteiger partial charge is 0.329 e. The molecule has 2 amide bonds. The Morgan fingerprint density at radius 3 is 3.00 bits per heavy atom. The van der Waals surface area contributed by atoms with Crippen molar-refractivity contribution in [2.45, 2.75) is 31.7 Å². The Morgan fingerprint density at radius 2 is 2.40 bits per heavy atom. The summed E-state index contributed by atoms with van der Waals surface area (Å²) in [7, 11) is 3.19. The molecule has 1 aliphatic rings. The largest absolute Gasteiger partial charge is 0.375 e. The van der Waals surface area contributed by atoms with Crippen LogP contribution >= 0.6 is 0 Å². The van der Waals surface area contributed by atoms with Crippen molar-refractivity contribution in [1.82, 2.24) is 10.1 Å². The Balaban J connectivity index is 2.26. The molecule has 7 nitrogen and oxygen atoms in total. The molecule has 110 valence electrons. The van der Waals surface area contributed by atoms with Crippen LogP contribution in [0.15, 0.2) is 23.2 Å². The van der Waals surface area contributed by atoms with Crippen LogP contribution in [-0.4, -0.2) is 47.6 Å². The number of rotatable bonds is 5. The molecule has 2 rings (SSSR count). The first-order valence-electron chi connectivity index (χ1n) is 6.35. The number of aromatic nitrogens is 1. The highest BCUT2D eigenvalue weighted by Gasteiger charge is 2.44. The highest BCUT2D eigenvalue weighted by atomic mass is 16.5. The molecule has 0 spiro atoms. The van der Waals surface area contributed by atoms with Crippen molar-refractivity contribution >= 4 is 11.9 Å². The minimum absolute atomic E-state index is 0.208. The summed E-state index contributed by atoms with van der Waals surface area (Å²) in [6, 6.07) is 0.907. The van der Waals surface area contributed by atoms with Gasteiger partial charge in [-0.2, -0.15) is 0 Å². The summed E-state index contributed by atoms with van der Waals surface area (Å²) in [5.74, 6) is 0.208. The minimum atomic E-state index is -0.996. The number of hydrogen-bond acceptors (Lipinski definition) is 5. The second-order valence-electron chi connectivity index (χ2n) is 4.74. The maximum absolute atomic E-state index is 12.2. The fourth-order valence-corrected chi connectivity index (χ4v) is 2.18.